The lowest BCUT2D eigenvalue weighted by Crippen LogP contribution is -2.36. The van der Waals surface area contributed by atoms with Crippen LogP contribution in [0.5, 0.6) is 0 Å². The Hall–Kier alpha value is -1.13. The van der Waals surface area contributed by atoms with Gasteiger partial charge in [0.25, 0.3) is 0 Å². The fourth-order valence-electron chi connectivity index (χ4n) is 2.18. The summed E-state index contributed by atoms with van der Waals surface area (Å²) in [7, 11) is -3.63. The van der Waals surface area contributed by atoms with Crippen LogP contribution in [0.25, 0.3) is 0 Å². The average molecular weight is 314 g/mol. The molecule has 1 aliphatic heterocycles. The number of sulfonamides is 1. The number of nitrogens with zero attached hydrogens (tertiary/aromatic N) is 1. The van der Waals surface area contributed by atoms with Crippen molar-refractivity contribution in [2.75, 3.05) is 19.6 Å². The van der Waals surface area contributed by atoms with E-state index in [0.717, 1.165) is 25.9 Å². The van der Waals surface area contributed by atoms with Gasteiger partial charge in [0.05, 0.1) is 16.7 Å². The van der Waals surface area contributed by atoms with Gasteiger partial charge in [-0.05, 0) is 50.0 Å². The summed E-state index contributed by atoms with van der Waals surface area (Å²) >= 11 is 5.93. The van der Waals surface area contributed by atoms with Crippen LogP contribution < -0.4 is 10.0 Å². The van der Waals surface area contributed by atoms with E-state index in [2.05, 4.69) is 10.0 Å². The molecule has 2 N–H and O–H groups in total. The van der Waals surface area contributed by atoms with Gasteiger partial charge in [0.15, 0.2) is 0 Å². The molecule has 5 nitrogen and oxygen atoms in total. The van der Waals surface area contributed by atoms with Crippen LogP contribution in [0.3, 0.4) is 0 Å². The molecule has 0 saturated carbocycles. The minimum atomic E-state index is -3.63. The van der Waals surface area contributed by atoms with E-state index in [4.69, 9.17) is 16.9 Å². The summed E-state index contributed by atoms with van der Waals surface area (Å²) < 4.78 is 27.0. The van der Waals surface area contributed by atoms with Gasteiger partial charge in [0.2, 0.25) is 10.0 Å². The van der Waals surface area contributed by atoms with Crippen LogP contribution in [0.15, 0.2) is 23.1 Å². The Bertz CT molecular complexity index is 619. The van der Waals surface area contributed by atoms with E-state index in [1.807, 2.05) is 6.07 Å². The Labute approximate surface area is 124 Å². The summed E-state index contributed by atoms with van der Waals surface area (Å²) in [6.07, 6.45) is 1.92. The fourth-order valence-corrected chi connectivity index (χ4v) is 3.84. The number of benzene rings is 1. The first kappa shape index (κ1) is 15.3. The van der Waals surface area contributed by atoms with E-state index in [1.165, 1.54) is 18.2 Å². The second-order valence-corrected chi connectivity index (χ2v) is 6.94. The molecular formula is C13H16ClN3O2S. The molecule has 2 rings (SSSR count). The van der Waals surface area contributed by atoms with Crippen LogP contribution in [-0.2, 0) is 10.0 Å². The van der Waals surface area contributed by atoms with Gasteiger partial charge >= 0.3 is 0 Å². The van der Waals surface area contributed by atoms with Crippen LogP contribution in [0.4, 0.5) is 0 Å². The van der Waals surface area contributed by atoms with Crippen molar-refractivity contribution < 1.29 is 8.42 Å². The first-order valence-corrected chi connectivity index (χ1v) is 8.29. The van der Waals surface area contributed by atoms with Crippen molar-refractivity contribution in [2.45, 2.75) is 17.7 Å². The molecule has 0 amide bonds. The Kier molecular flexibility index (Phi) is 5.00. The predicted octanol–water partition coefficient (Wildman–Crippen LogP) is 1.49. The maximum Gasteiger partial charge on any atom is 0.242 e. The topological polar surface area (TPSA) is 82.0 Å². The van der Waals surface area contributed by atoms with Gasteiger partial charge in [-0.2, -0.15) is 5.26 Å². The molecule has 0 aromatic heterocycles. The van der Waals surface area contributed by atoms with Crippen molar-refractivity contribution >= 4 is 21.6 Å². The molecule has 0 spiro atoms. The molecule has 0 bridgehead atoms. The lowest BCUT2D eigenvalue weighted by molar-refractivity contribution is 0.372. The smallest absolute Gasteiger partial charge is 0.242 e. The van der Waals surface area contributed by atoms with Crippen molar-refractivity contribution in [3.8, 4) is 6.07 Å². The maximum absolute atomic E-state index is 12.2. The molecular weight excluding hydrogens is 298 g/mol. The number of nitriles is 1. The van der Waals surface area contributed by atoms with Crippen molar-refractivity contribution in [2.24, 2.45) is 5.92 Å². The summed E-state index contributed by atoms with van der Waals surface area (Å²) in [5, 5.41) is 12.1. The molecule has 0 radical (unpaired) electrons. The first-order valence-electron chi connectivity index (χ1n) is 6.43. The quantitative estimate of drug-likeness (QED) is 0.882. The second-order valence-electron chi connectivity index (χ2n) is 4.80. The number of nitrogens with one attached hydrogen (secondary N) is 2. The third-order valence-corrected chi connectivity index (χ3v) is 5.28. The van der Waals surface area contributed by atoms with E-state index in [-0.39, 0.29) is 9.92 Å². The number of rotatable bonds is 4. The van der Waals surface area contributed by atoms with Crippen LogP contribution in [0.1, 0.15) is 18.4 Å². The van der Waals surface area contributed by atoms with Crippen LogP contribution in [-0.4, -0.2) is 28.1 Å². The van der Waals surface area contributed by atoms with Crippen molar-refractivity contribution in [3.63, 3.8) is 0 Å². The van der Waals surface area contributed by atoms with Crippen LogP contribution >= 0.6 is 11.6 Å². The maximum atomic E-state index is 12.2. The van der Waals surface area contributed by atoms with Gasteiger partial charge in [0, 0.05) is 6.54 Å². The van der Waals surface area contributed by atoms with E-state index in [1.54, 1.807) is 0 Å². The van der Waals surface area contributed by atoms with Crippen molar-refractivity contribution in [3.05, 3.63) is 28.8 Å². The van der Waals surface area contributed by atoms with Crippen LogP contribution in [0, 0.1) is 17.2 Å². The van der Waals surface area contributed by atoms with E-state index >= 15 is 0 Å². The highest BCUT2D eigenvalue weighted by atomic mass is 35.5. The number of hydrogen-bond donors (Lipinski definition) is 2. The van der Waals surface area contributed by atoms with Gasteiger partial charge in [0.1, 0.15) is 4.90 Å². The largest absolute Gasteiger partial charge is 0.317 e. The van der Waals surface area contributed by atoms with Crippen molar-refractivity contribution in [1.82, 2.24) is 10.0 Å². The molecule has 0 atom stereocenters. The summed E-state index contributed by atoms with van der Waals surface area (Å²) in [5.74, 6) is 0.350. The third kappa shape index (κ3) is 3.70. The Morgan fingerprint density at radius 1 is 1.40 bits per heavy atom. The Morgan fingerprint density at radius 3 is 2.70 bits per heavy atom. The highest BCUT2D eigenvalue weighted by Crippen LogP contribution is 2.22. The predicted molar refractivity (Wildman–Crippen MR) is 76.9 cm³/mol. The highest BCUT2D eigenvalue weighted by molar-refractivity contribution is 7.89. The van der Waals surface area contributed by atoms with Crippen LogP contribution in [0.2, 0.25) is 5.02 Å². The minimum Gasteiger partial charge on any atom is -0.317 e. The average Bonchev–Trinajstić information content (AvgIpc) is 2.46. The molecule has 1 aromatic rings. The van der Waals surface area contributed by atoms with E-state index in [0.29, 0.717) is 18.0 Å². The van der Waals surface area contributed by atoms with E-state index < -0.39 is 10.0 Å². The zero-order valence-corrected chi connectivity index (χ0v) is 12.5. The SMILES string of the molecule is N#Cc1ccc(S(=O)(=O)NCC2CCNCC2)c(Cl)c1. The van der Waals surface area contributed by atoms with Gasteiger partial charge < -0.3 is 5.32 Å². The zero-order chi connectivity index (χ0) is 14.6. The third-order valence-electron chi connectivity index (χ3n) is 3.37. The van der Waals surface area contributed by atoms with Crippen molar-refractivity contribution in [1.29, 1.82) is 5.26 Å². The first-order chi connectivity index (χ1) is 9.53. The standard InChI is InChI=1S/C13H16ClN3O2S/c14-12-7-11(8-15)1-2-13(12)20(18,19)17-9-10-3-5-16-6-4-10/h1-2,7,10,16-17H,3-6,9H2. The highest BCUT2D eigenvalue weighted by Gasteiger charge is 2.21. The Morgan fingerprint density at radius 2 is 2.10 bits per heavy atom. The lowest BCUT2D eigenvalue weighted by atomic mass is 9.99. The molecule has 0 unspecified atom stereocenters. The summed E-state index contributed by atoms with van der Waals surface area (Å²) in [5.41, 5.74) is 0.340. The zero-order valence-electron chi connectivity index (χ0n) is 10.9. The fraction of sp³-hybridized carbons (Fsp3) is 0.462. The molecule has 7 heteroatoms. The summed E-state index contributed by atoms with van der Waals surface area (Å²) in [4.78, 5) is 0.0205. The molecule has 1 aromatic carbocycles. The van der Waals surface area contributed by atoms with Gasteiger partial charge in [-0.1, -0.05) is 11.6 Å². The van der Waals surface area contributed by atoms with Gasteiger partial charge in [-0.3, -0.25) is 0 Å². The monoisotopic (exact) mass is 313 g/mol. The normalized spacial score (nSPS) is 16.8. The van der Waals surface area contributed by atoms with E-state index in [9.17, 15) is 8.42 Å². The molecule has 108 valence electrons. The molecule has 0 aliphatic carbocycles. The second kappa shape index (κ2) is 6.55. The summed E-state index contributed by atoms with van der Waals surface area (Å²) in [6, 6.07) is 6.10. The Balaban J connectivity index is 2.08. The molecule has 1 saturated heterocycles. The number of hydrogen-bond acceptors (Lipinski definition) is 4. The number of piperidine rings is 1. The summed E-state index contributed by atoms with van der Waals surface area (Å²) in [6.45, 7) is 2.26. The molecule has 1 fully saturated rings. The lowest BCUT2D eigenvalue weighted by Gasteiger charge is -2.22. The molecule has 1 heterocycles. The van der Waals surface area contributed by atoms with Gasteiger partial charge in [-0.15, -0.1) is 0 Å². The van der Waals surface area contributed by atoms with Gasteiger partial charge in [-0.25, -0.2) is 13.1 Å². The molecule has 1 aliphatic rings. The molecule has 20 heavy (non-hydrogen) atoms. The number of halogens is 1. The minimum absolute atomic E-state index is 0.0205.